The Bertz CT molecular complexity index is 628. The van der Waals surface area contributed by atoms with Gasteiger partial charge < -0.3 is 15.8 Å². The molecule has 0 saturated carbocycles. The highest BCUT2D eigenvalue weighted by atomic mass is 35.5. The van der Waals surface area contributed by atoms with Crippen molar-refractivity contribution in [3.8, 4) is 5.75 Å². The number of nitrogens with two attached hydrogens (primary N) is 1. The van der Waals surface area contributed by atoms with E-state index in [1.165, 1.54) is 11.3 Å². The molecule has 0 fully saturated rings. The first-order valence-corrected chi connectivity index (χ1v) is 7.33. The van der Waals surface area contributed by atoms with Crippen LogP contribution < -0.4 is 15.8 Å². The quantitative estimate of drug-likeness (QED) is 0.883. The van der Waals surface area contributed by atoms with Gasteiger partial charge in [0, 0.05) is 6.54 Å². The Hall–Kier alpha value is -1.37. The van der Waals surface area contributed by atoms with Gasteiger partial charge in [-0.25, -0.2) is 4.98 Å². The fourth-order valence-corrected chi connectivity index (χ4v) is 2.46. The van der Waals surface area contributed by atoms with Gasteiger partial charge in [-0.05, 0) is 39.0 Å². The molecule has 0 aliphatic heterocycles. The number of anilines is 1. The Morgan fingerprint density at radius 2 is 2.19 bits per heavy atom. The minimum Gasteiger partial charge on any atom is -0.494 e. The van der Waals surface area contributed by atoms with Crippen molar-refractivity contribution in [2.75, 3.05) is 18.5 Å². The zero-order valence-corrected chi connectivity index (χ0v) is 13.9. The van der Waals surface area contributed by atoms with Gasteiger partial charge in [-0.3, -0.25) is 4.79 Å². The summed E-state index contributed by atoms with van der Waals surface area (Å²) in [5, 5.41) is 3.41. The Kier molecular flexibility index (Phi) is 5.95. The van der Waals surface area contributed by atoms with E-state index in [1.807, 2.05) is 39.0 Å². The number of halogens is 1. The average molecular weight is 330 g/mol. The number of thiazole rings is 1. The summed E-state index contributed by atoms with van der Waals surface area (Å²) in [5.74, 6) is 0.688. The molecule has 1 amide bonds. The molecular weight excluding hydrogens is 310 g/mol. The lowest BCUT2D eigenvalue weighted by molar-refractivity contribution is -0.123. The molecule has 0 atom stereocenters. The minimum atomic E-state index is -0.603. The van der Waals surface area contributed by atoms with Crippen molar-refractivity contribution in [2.45, 2.75) is 20.8 Å². The normalized spacial score (nSPS) is 11.0. The van der Waals surface area contributed by atoms with Crippen molar-refractivity contribution in [2.24, 2.45) is 11.1 Å². The molecule has 116 valence electrons. The number of fused-ring (bicyclic) bond motifs is 1. The van der Waals surface area contributed by atoms with Gasteiger partial charge >= 0.3 is 0 Å². The molecule has 5 nitrogen and oxygen atoms in total. The Balaban J connectivity index is 0.00000220. The molecule has 1 aromatic carbocycles. The first-order chi connectivity index (χ1) is 9.46. The van der Waals surface area contributed by atoms with Crippen LogP contribution in [0.4, 0.5) is 5.13 Å². The van der Waals surface area contributed by atoms with Gasteiger partial charge in [0.1, 0.15) is 5.75 Å². The van der Waals surface area contributed by atoms with E-state index < -0.39 is 5.41 Å². The molecule has 1 heterocycles. The third-order valence-electron chi connectivity index (χ3n) is 3.02. The molecule has 0 spiro atoms. The molecule has 0 aliphatic carbocycles. The largest absolute Gasteiger partial charge is 0.494 e. The lowest BCUT2D eigenvalue weighted by Gasteiger charge is -2.19. The van der Waals surface area contributed by atoms with E-state index in [4.69, 9.17) is 10.5 Å². The van der Waals surface area contributed by atoms with E-state index in [0.29, 0.717) is 11.7 Å². The molecule has 0 radical (unpaired) electrons. The summed E-state index contributed by atoms with van der Waals surface area (Å²) in [6.07, 6.45) is 0. The predicted octanol–water partition coefficient (Wildman–Crippen LogP) is 3.04. The summed E-state index contributed by atoms with van der Waals surface area (Å²) in [6, 6.07) is 5.70. The molecule has 0 unspecified atom stereocenters. The van der Waals surface area contributed by atoms with Gasteiger partial charge in [-0.2, -0.15) is 0 Å². The van der Waals surface area contributed by atoms with Crippen molar-refractivity contribution in [1.29, 1.82) is 0 Å². The van der Waals surface area contributed by atoms with Gasteiger partial charge in [0.15, 0.2) is 5.13 Å². The lowest BCUT2D eigenvalue weighted by atomic mass is 9.93. The Morgan fingerprint density at radius 3 is 2.81 bits per heavy atom. The summed E-state index contributed by atoms with van der Waals surface area (Å²) in [6.45, 7) is 6.47. The minimum absolute atomic E-state index is 0. The van der Waals surface area contributed by atoms with Gasteiger partial charge in [-0.15, -0.1) is 12.4 Å². The molecule has 7 heteroatoms. The van der Waals surface area contributed by atoms with Crippen molar-refractivity contribution in [3.05, 3.63) is 18.2 Å². The standard InChI is InChI=1S/C14H19N3O2S.ClH/c1-4-19-9-5-6-10-11(7-9)20-13(16-10)17-12(18)14(2,3)8-15;/h5-7H,4,8,15H2,1-3H3,(H,16,17,18);1H. The molecule has 21 heavy (non-hydrogen) atoms. The smallest absolute Gasteiger partial charge is 0.233 e. The van der Waals surface area contributed by atoms with E-state index in [0.717, 1.165) is 16.0 Å². The van der Waals surface area contributed by atoms with Crippen LogP contribution in [0.15, 0.2) is 18.2 Å². The number of ether oxygens (including phenoxy) is 1. The Labute approximate surface area is 134 Å². The number of carbonyl (C=O) groups is 1. The van der Waals surface area contributed by atoms with Crippen LogP contribution in [0.5, 0.6) is 5.75 Å². The molecule has 0 saturated heterocycles. The zero-order chi connectivity index (χ0) is 14.8. The number of nitrogens with one attached hydrogen (secondary N) is 1. The van der Waals surface area contributed by atoms with Crippen LogP contribution in [0.3, 0.4) is 0 Å². The summed E-state index contributed by atoms with van der Waals surface area (Å²) in [4.78, 5) is 16.5. The van der Waals surface area contributed by atoms with Gasteiger partial charge in [0.05, 0.1) is 22.2 Å². The van der Waals surface area contributed by atoms with Gasteiger partial charge in [-0.1, -0.05) is 11.3 Å². The maximum Gasteiger partial charge on any atom is 0.233 e. The molecule has 0 aliphatic rings. The summed E-state index contributed by atoms with van der Waals surface area (Å²) in [5.41, 5.74) is 5.84. The SMILES string of the molecule is CCOc1ccc2nc(NC(=O)C(C)(C)CN)sc2c1.Cl. The van der Waals surface area contributed by atoms with E-state index >= 15 is 0 Å². The maximum atomic E-state index is 12.1. The lowest BCUT2D eigenvalue weighted by Crippen LogP contribution is -2.37. The Morgan fingerprint density at radius 1 is 1.48 bits per heavy atom. The van der Waals surface area contributed by atoms with E-state index in [-0.39, 0.29) is 24.9 Å². The molecule has 0 bridgehead atoms. The number of carbonyl (C=O) groups excluding carboxylic acids is 1. The number of hydrogen-bond donors (Lipinski definition) is 2. The predicted molar refractivity (Wildman–Crippen MR) is 89.5 cm³/mol. The number of hydrogen-bond acceptors (Lipinski definition) is 5. The third kappa shape index (κ3) is 4.06. The molecule has 2 rings (SSSR count). The highest BCUT2D eigenvalue weighted by Gasteiger charge is 2.26. The first-order valence-electron chi connectivity index (χ1n) is 6.51. The van der Waals surface area contributed by atoms with E-state index in [2.05, 4.69) is 10.3 Å². The number of nitrogens with zero attached hydrogens (tertiary/aromatic N) is 1. The fourth-order valence-electron chi connectivity index (χ4n) is 1.57. The number of amides is 1. The van der Waals surface area contributed by atoms with E-state index in [1.54, 1.807) is 0 Å². The second-order valence-electron chi connectivity index (χ2n) is 5.12. The van der Waals surface area contributed by atoms with Crippen LogP contribution in [-0.4, -0.2) is 24.0 Å². The highest BCUT2D eigenvalue weighted by Crippen LogP contribution is 2.30. The van der Waals surface area contributed by atoms with Gasteiger partial charge in [0.25, 0.3) is 0 Å². The van der Waals surface area contributed by atoms with Crippen molar-refractivity contribution >= 4 is 45.0 Å². The van der Waals surface area contributed by atoms with Crippen LogP contribution in [0.1, 0.15) is 20.8 Å². The van der Waals surface area contributed by atoms with Crippen LogP contribution in [-0.2, 0) is 4.79 Å². The van der Waals surface area contributed by atoms with Crippen LogP contribution >= 0.6 is 23.7 Å². The fraction of sp³-hybridized carbons (Fsp3) is 0.429. The second kappa shape index (κ2) is 7.06. The topological polar surface area (TPSA) is 77.2 Å². The van der Waals surface area contributed by atoms with E-state index in [9.17, 15) is 4.79 Å². The summed E-state index contributed by atoms with van der Waals surface area (Å²) in [7, 11) is 0. The first kappa shape index (κ1) is 17.7. The number of aromatic nitrogens is 1. The highest BCUT2D eigenvalue weighted by molar-refractivity contribution is 7.22. The van der Waals surface area contributed by atoms with Gasteiger partial charge in [0.2, 0.25) is 5.91 Å². The zero-order valence-electron chi connectivity index (χ0n) is 12.3. The molecular formula is C14H20ClN3O2S. The summed E-state index contributed by atoms with van der Waals surface area (Å²) < 4.78 is 6.43. The molecule has 2 aromatic rings. The summed E-state index contributed by atoms with van der Waals surface area (Å²) >= 11 is 1.43. The number of benzene rings is 1. The van der Waals surface area contributed by atoms with Crippen molar-refractivity contribution in [3.63, 3.8) is 0 Å². The van der Waals surface area contributed by atoms with Crippen molar-refractivity contribution < 1.29 is 9.53 Å². The monoisotopic (exact) mass is 329 g/mol. The maximum absolute atomic E-state index is 12.1. The van der Waals surface area contributed by atoms with Crippen LogP contribution in [0, 0.1) is 5.41 Å². The third-order valence-corrected chi connectivity index (χ3v) is 3.95. The number of rotatable bonds is 5. The second-order valence-corrected chi connectivity index (χ2v) is 6.15. The average Bonchev–Trinajstić information content (AvgIpc) is 2.80. The van der Waals surface area contributed by atoms with Crippen LogP contribution in [0.2, 0.25) is 0 Å². The van der Waals surface area contributed by atoms with Crippen molar-refractivity contribution in [1.82, 2.24) is 4.98 Å². The van der Waals surface area contributed by atoms with Crippen LogP contribution in [0.25, 0.3) is 10.2 Å². The molecule has 3 N–H and O–H groups in total. The molecule has 1 aromatic heterocycles.